The molecule has 0 aromatic heterocycles. The minimum Gasteiger partial charge on any atom is -0.411 e. The van der Waals surface area contributed by atoms with Gasteiger partial charge in [-0.3, -0.25) is 9.48 Å². The number of carbonyl (C=O) groups is 1. The minimum atomic E-state index is -0.411. The highest BCUT2D eigenvalue weighted by atomic mass is 35.5. The lowest BCUT2D eigenvalue weighted by Crippen LogP contribution is -2.35. The Morgan fingerprint density at radius 3 is 1.79 bits per heavy atom. The molecule has 28 heavy (non-hydrogen) atoms. The Hall–Kier alpha value is -2.01. The maximum absolute atomic E-state index is 13.2. The van der Waals surface area contributed by atoms with Crippen molar-refractivity contribution in [1.29, 1.82) is 0 Å². The number of benzene rings is 1. The molecule has 5 nitrogen and oxygen atoms in total. The number of ether oxygens (including phenoxy) is 1. The Morgan fingerprint density at radius 2 is 1.46 bits per heavy atom. The lowest BCUT2D eigenvalue weighted by molar-refractivity contribution is -0.469. The average Bonchev–Trinajstić information content (AvgIpc) is 2.50. The second-order valence-corrected chi connectivity index (χ2v) is 9.11. The summed E-state index contributed by atoms with van der Waals surface area (Å²) < 4.78 is 7.75. The van der Waals surface area contributed by atoms with Crippen molar-refractivity contribution in [3.05, 3.63) is 45.3 Å². The van der Waals surface area contributed by atoms with Gasteiger partial charge < -0.3 is 9.64 Å². The van der Waals surface area contributed by atoms with E-state index in [-0.39, 0.29) is 5.41 Å². The minimum absolute atomic E-state index is 0.00798. The molecule has 0 spiro atoms. The van der Waals surface area contributed by atoms with E-state index in [1.807, 2.05) is 65.6 Å². The van der Waals surface area contributed by atoms with E-state index in [0.717, 1.165) is 11.1 Å². The van der Waals surface area contributed by atoms with E-state index in [1.165, 1.54) is 5.56 Å². The third-order valence-electron chi connectivity index (χ3n) is 4.43. The molecule has 0 saturated heterocycles. The highest BCUT2D eigenvalue weighted by Gasteiger charge is 2.29. The second kappa shape index (κ2) is 8.99. The number of hydrogen-bond donors (Lipinski definition) is 0. The molecule has 156 valence electrons. The van der Waals surface area contributed by atoms with Crippen LogP contribution in [-0.2, 0) is 10.2 Å². The van der Waals surface area contributed by atoms with Crippen LogP contribution in [-0.4, -0.2) is 68.5 Å². The summed E-state index contributed by atoms with van der Waals surface area (Å²) in [5.41, 5.74) is 3.56. The van der Waals surface area contributed by atoms with Gasteiger partial charge in [0.25, 0.3) is 5.76 Å². The van der Waals surface area contributed by atoms with Crippen LogP contribution in [0.1, 0.15) is 47.8 Å². The molecule has 1 aromatic rings. The quantitative estimate of drug-likeness (QED) is 0.189. The van der Waals surface area contributed by atoms with Gasteiger partial charge >= 0.3 is 11.8 Å². The van der Waals surface area contributed by atoms with Gasteiger partial charge in [0.2, 0.25) is 0 Å². The van der Waals surface area contributed by atoms with Gasteiger partial charge in [0.1, 0.15) is 0 Å². The molecule has 0 aliphatic heterocycles. The van der Waals surface area contributed by atoms with Gasteiger partial charge in [-0.2, -0.15) is 0 Å². The van der Waals surface area contributed by atoms with Crippen molar-refractivity contribution < 1.29 is 14.1 Å². The molecule has 1 aromatic carbocycles. The number of aryl methyl sites for hydroxylation is 2. The van der Waals surface area contributed by atoms with Gasteiger partial charge in [-0.15, -0.1) is 0 Å². The van der Waals surface area contributed by atoms with E-state index in [0.29, 0.717) is 22.3 Å². The fraction of sp³-hybridized carbons (Fsp3) is 0.545. The van der Waals surface area contributed by atoms with Crippen LogP contribution < -0.4 is 0 Å². The van der Waals surface area contributed by atoms with Crippen LogP contribution >= 0.6 is 11.6 Å². The van der Waals surface area contributed by atoms with Crippen molar-refractivity contribution in [2.75, 3.05) is 42.3 Å². The first-order valence-electron chi connectivity index (χ1n) is 9.31. The third kappa shape index (κ3) is 5.51. The third-order valence-corrected chi connectivity index (χ3v) is 4.94. The molecule has 0 bridgehead atoms. The zero-order valence-electron chi connectivity index (χ0n) is 19.2. The largest absolute Gasteiger partial charge is 0.411 e. The Bertz CT molecular complexity index is 789. The van der Waals surface area contributed by atoms with Gasteiger partial charge in [-0.1, -0.05) is 44.5 Å². The van der Waals surface area contributed by atoms with E-state index in [1.54, 1.807) is 4.90 Å². The molecule has 0 radical (unpaired) electrons. The fourth-order valence-corrected chi connectivity index (χ4v) is 3.17. The summed E-state index contributed by atoms with van der Waals surface area (Å²) in [6, 6.07) is 4.12. The zero-order chi connectivity index (χ0) is 22.0. The summed E-state index contributed by atoms with van der Waals surface area (Å²) >= 11 is 6.51. The van der Waals surface area contributed by atoms with Crippen molar-refractivity contribution >= 4 is 23.4 Å². The molecule has 1 rings (SSSR count). The van der Waals surface area contributed by atoms with Crippen LogP contribution in [0.2, 0.25) is 0 Å². The van der Waals surface area contributed by atoms with Crippen molar-refractivity contribution in [3.63, 3.8) is 0 Å². The lowest BCUT2D eigenvalue weighted by Gasteiger charge is -2.23. The Labute approximate surface area is 175 Å². The zero-order valence-corrected chi connectivity index (χ0v) is 19.9. The first-order chi connectivity index (χ1) is 12.7. The molecular formula is C22H35ClN3O2+. The first kappa shape index (κ1) is 24.0. The summed E-state index contributed by atoms with van der Waals surface area (Å²) in [7, 11) is 11.2. The average molecular weight is 409 g/mol. The van der Waals surface area contributed by atoms with Gasteiger partial charge in [0.15, 0.2) is 5.16 Å². The van der Waals surface area contributed by atoms with Crippen molar-refractivity contribution in [3.8, 4) is 0 Å². The SMILES string of the molecule is Cc1cc(C(C)(C)C)cc(C)c1C(=O)O/C(C(N(C)C)=[N+](C)C)=C(\Cl)N(C)C. The molecule has 0 N–H and O–H groups in total. The topological polar surface area (TPSA) is 35.8 Å². The first-order valence-corrected chi connectivity index (χ1v) is 9.69. The van der Waals surface area contributed by atoms with Crippen LogP contribution in [0.15, 0.2) is 23.0 Å². The number of halogens is 1. The van der Waals surface area contributed by atoms with Gasteiger partial charge in [0.05, 0.1) is 33.8 Å². The van der Waals surface area contributed by atoms with E-state index >= 15 is 0 Å². The maximum atomic E-state index is 13.2. The van der Waals surface area contributed by atoms with E-state index < -0.39 is 5.97 Å². The van der Waals surface area contributed by atoms with Crippen LogP contribution in [0.5, 0.6) is 0 Å². The van der Waals surface area contributed by atoms with Gasteiger partial charge in [-0.25, -0.2) is 4.79 Å². The maximum Gasteiger partial charge on any atom is 0.344 e. The number of rotatable bonds is 4. The summed E-state index contributed by atoms with van der Waals surface area (Å²) in [4.78, 5) is 16.7. The molecular weight excluding hydrogens is 374 g/mol. The number of nitrogens with zero attached hydrogens (tertiary/aromatic N) is 3. The lowest BCUT2D eigenvalue weighted by atomic mass is 9.84. The summed E-state index contributed by atoms with van der Waals surface area (Å²) in [6.45, 7) is 10.4. The van der Waals surface area contributed by atoms with Crippen LogP contribution in [0.4, 0.5) is 0 Å². The fourth-order valence-electron chi connectivity index (χ4n) is 3.05. The van der Waals surface area contributed by atoms with Crippen LogP contribution in [0.3, 0.4) is 0 Å². The second-order valence-electron chi connectivity index (χ2n) is 8.75. The molecule has 0 fully saturated rings. The smallest absolute Gasteiger partial charge is 0.344 e. The predicted octanol–water partition coefficient (Wildman–Crippen LogP) is 3.96. The van der Waals surface area contributed by atoms with E-state index in [9.17, 15) is 4.79 Å². The summed E-state index contributed by atoms with van der Waals surface area (Å²) in [5.74, 6) is 0.616. The summed E-state index contributed by atoms with van der Waals surface area (Å²) in [6.07, 6.45) is 0. The Balaban J connectivity index is 3.50. The van der Waals surface area contributed by atoms with E-state index in [4.69, 9.17) is 16.3 Å². The predicted molar refractivity (Wildman–Crippen MR) is 117 cm³/mol. The molecule has 0 saturated carbocycles. The van der Waals surface area contributed by atoms with Crippen molar-refractivity contribution in [1.82, 2.24) is 9.80 Å². The molecule has 6 heteroatoms. The van der Waals surface area contributed by atoms with Gasteiger partial charge in [-0.05, 0) is 36.0 Å². The Morgan fingerprint density at radius 1 is 1.00 bits per heavy atom. The molecule has 0 aliphatic rings. The monoisotopic (exact) mass is 408 g/mol. The summed E-state index contributed by atoms with van der Waals surface area (Å²) in [5, 5.41) is 0.354. The molecule has 0 heterocycles. The van der Waals surface area contributed by atoms with Crippen LogP contribution in [0, 0.1) is 13.8 Å². The Kier molecular flexibility index (Phi) is 7.72. The van der Waals surface area contributed by atoms with Crippen molar-refractivity contribution in [2.24, 2.45) is 0 Å². The normalized spacial score (nSPS) is 12.3. The molecule has 0 aliphatic carbocycles. The number of esters is 1. The number of likely N-dealkylation sites (N-methyl/N-ethyl adjacent to an activating group) is 1. The number of carbonyl (C=O) groups excluding carboxylic acids is 1. The molecule has 0 amide bonds. The number of amidine groups is 1. The molecule has 0 atom stereocenters. The highest BCUT2D eigenvalue weighted by molar-refractivity contribution is 6.31. The standard InChI is InChI=1S/C22H35ClN3O2/c1-14-12-16(22(3,4)5)13-15(2)17(14)21(27)28-18(19(23)24(6)7)20(25(8)9)26(10)11/h12-13H,1-11H3/q+1. The highest BCUT2D eigenvalue weighted by Crippen LogP contribution is 2.28. The van der Waals surface area contributed by atoms with E-state index in [2.05, 4.69) is 32.9 Å². The van der Waals surface area contributed by atoms with Gasteiger partial charge in [0, 0.05) is 14.1 Å². The molecule has 0 unspecified atom stereocenters. The van der Waals surface area contributed by atoms with Crippen LogP contribution in [0.25, 0.3) is 0 Å². The number of hydrogen-bond acceptors (Lipinski definition) is 3. The van der Waals surface area contributed by atoms with Crippen molar-refractivity contribution in [2.45, 2.75) is 40.0 Å².